The summed E-state index contributed by atoms with van der Waals surface area (Å²) in [6.45, 7) is -0.424. The summed E-state index contributed by atoms with van der Waals surface area (Å²) in [5.74, 6) is -3.18. The number of hydrogen-bond donors (Lipinski definition) is 1. The lowest BCUT2D eigenvalue weighted by Gasteiger charge is -2.08. The predicted molar refractivity (Wildman–Crippen MR) is 88.9 cm³/mol. The molecule has 0 spiro atoms. The third kappa shape index (κ3) is 3.97. The van der Waals surface area contributed by atoms with E-state index in [-0.39, 0.29) is 5.69 Å². The lowest BCUT2D eigenvalue weighted by molar-refractivity contribution is -0.117. The van der Waals surface area contributed by atoms with Crippen molar-refractivity contribution in [1.82, 2.24) is 9.78 Å². The first-order valence-electron chi connectivity index (χ1n) is 7.51. The van der Waals surface area contributed by atoms with Gasteiger partial charge in [0.1, 0.15) is 12.4 Å². The number of carbonyl (C=O) groups excluding carboxylic acids is 1. The minimum Gasteiger partial charge on any atom is -0.324 e. The Morgan fingerprint density at radius 1 is 0.962 bits per heavy atom. The molecule has 1 aromatic heterocycles. The Kier molecular flexibility index (Phi) is 4.83. The maximum Gasteiger partial charge on any atom is 0.267 e. The van der Waals surface area contributed by atoms with Crippen molar-refractivity contribution in [1.29, 1.82) is 0 Å². The molecule has 0 aliphatic rings. The van der Waals surface area contributed by atoms with Crippen molar-refractivity contribution < 1.29 is 18.0 Å². The Morgan fingerprint density at radius 2 is 1.69 bits per heavy atom. The van der Waals surface area contributed by atoms with Crippen LogP contribution in [0.4, 0.5) is 18.9 Å². The highest BCUT2D eigenvalue weighted by molar-refractivity contribution is 5.90. The lowest BCUT2D eigenvalue weighted by Crippen LogP contribution is -2.29. The van der Waals surface area contributed by atoms with Crippen LogP contribution >= 0.6 is 0 Å². The van der Waals surface area contributed by atoms with Crippen LogP contribution in [-0.4, -0.2) is 15.7 Å². The van der Waals surface area contributed by atoms with Crippen LogP contribution in [0.25, 0.3) is 11.3 Å². The van der Waals surface area contributed by atoms with Gasteiger partial charge >= 0.3 is 0 Å². The smallest absolute Gasteiger partial charge is 0.267 e. The number of benzene rings is 2. The highest BCUT2D eigenvalue weighted by atomic mass is 19.2. The molecule has 26 heavy (non-hydrogen) atoms. The van der Waals surface area contributed by atoms with Crippen molar-refractivity contribution in [2.24, 2.45) is 0 Å². The summed E-state index contributed by atoms with van der Waals surface area (Å²) in [5.41, 5.74) is 0.485. The molecule has 132 valence electrons. The van der Waals surface area contributed by atoms with E-state index in [1.54, 1.807) is 0 Å². The van der Waals surface area contributed by atoms with E-state index in [0.29, 0.717) is 11.3 Å². The fourth-order valence-electron chi connectivity index (χ4n) is 2.25. The van der Waals surface area contributed by atoms with Crippen LogP contribution < -0.4 is 10.9 Å². The van der Waals surface area contributed by atoms with Gasteiger partial charge in [-0.05, 0) is 42.5 Å². The van der Waals surface area contributed by atoms with E-state index in [9.17, 15) is 22.8 Å². The average molecular weight is 359 g/mol. The number of nitrogens with zero attached hydrogens (tertiary/aromatic N) is 2. The largest absolute Gasteiger partial charge is 0.324 e. The molecule has 0 saturated heterocycles. The van der Waals surface area contributed by atoms with Crippen LogP contribution in [0.5, 0.6) is 0 Å². The number of nitrogens with one attached hydrogen (secondary N) is 1. The molecule has 0 saturated carbocycles. The number of anilines is 1. The second-order valence-corrected chi connectivity index (χ2v) is 5.40. The molecule has 8 heteroatoms. The topological polar surface area (TPSA) is 64.0 Å². The summed E-state index contributed by atoms with van der Waals surface area (Å²) in [4.78, 5) is 23.9. The minimum absolute atomic E-state index is 0.0524. The fourth-order valence-corrected chi connectivity index (χ4v) is 2.25. The molecule has 3 rings (SSSR count). The first-order valence-corrected chi connectivity index (χ1v) is 7.51. The first kappa shape index (κ1) is 17.4. The molecular weight excluding hydrogens is 347 g/mol. The highest BCUT2D eigenvalue weighted by Gasteiger charge is 2.10. The Balaban J connectivity index is 1.79. The monoisotopic (exact) mass is 359 g/mol. The van der Waals surface area contributed by atoms with Crippen LogP contribution in [-0.2, 0) is 11.3 Å². The molecule has 1 heterocycles. The molecular formula is C18H12F3N3O2. The summed E-state index contributed by atoms with van der Waals surface area (Å²) in [5, 5.41) is 6.43. The van der Waals surface area contributed by atoms with Gasteiger partial charge in [0.05, 0.1) is 5.69 Å². The van der Waals surface area contributed by atoms with Crippen LogP contribution in [0.2, 0.25) is 0 Å². The van der Waals surface area contributed by atoms with E-state index in [0.717, 1.165) is 16.8 Å². The van der Waals surface area contributed by atoms with Crippen LogP contribution in [0.15, 0.2) is 59.4 Å². The maximum absolute atomic E-state index is 13.2. The van der Waals surface area contributed by atoms with Crippen LogP contribution in [0.3, 0.4) is 0 Å². The Hall–Kier alpha value is -3.42. The molecule has 2 aromatic carbocycles. The Bertz CT molecular complexity index is 1020. The standard InChI is InChI=1S/C18H12F3N3O2/c19-12-3-1-11(2-4-12)16-7-8-18(26)24(23-16)10-17(25)22-13-5-6-14(20)15(21)9-13/h1-9H,10H2,(H,22,25). The van der Waals surface area contributed by atoms with Crippen molar-refractivity contribution in [3.8, 4) is 11.3 Å². The molecule has 0 fully saturated rings. The number of rotatable bonds is 4. The fraction of sp³-hybridized carbons (Fsp3) is 0.0556. The third-order valence-electron chi connectivity index (χ3n) is 3.50. The van der Waals surface area contributed by atoms with Crippen LogP contribution in [0, 0.1) is 17.5 Å². The van der Waals surface area contributed by atoms with Gasteiger partial charge in [-0.1, -0.05) is 0 Å². The van der Waals surface area contributed by atoms with Gasteiger partial charge < -0.3 is 5.32 Å². The van der Waals surface area contributed by atoms with Gasteiger partial charge in [-0.3, -0.25) is 9.59 Å². The predicted octanol–water partition coefficient (Wildman–Crippen LogP) is 2.97. The molecule has 0 atom stereocenters. The molecule has 3 aromatic rings. The summed E-state index contributed by atoms with van der Waals surface area (Å²) >= 11 is 0. The van der Waals surface area contributed by atoms with E-state index in [1.807, 2.05) is 0 Å². The molecule has 0 bridgehead atoms. The quantitative estimate of drug-likeness (QED) is 0.779. The van der Waals surface area contributed by atoms with Crippen molar-refractivity contribution in [2.75, 3.05) is 5.32 Å². The zero-order valence-electron chi connectivity index (χ0n) is 13.2. The van der Waals surface area contributed by atoms with Crippen LogP contribution in [0.1, 0.15) is 0 Å². The van der Waals surface area contributed by atoms with Gasteiger partial charge in [0.2, 0.25) is 5.91 Å². The van der Waals surface area contributed by atoms with Crippen molar-refractivity contribution in [2.45, 2.75) is 6.54 Å². The highest BCUT2D eigenvalue weighted by Crippen LogP contribution is 2.16. The number of aromatic nitrogens is 2. The van der Waals surface area contributed by atoms with Gasteiger partial charge in [0, 0.05) is 23.4 Å². The van der Waals surface area contributed by atoms with Crippen molar-refractivity contribution >= 4 is 11.6 Å². The number of amides is 1. The van der Waals surface area contributed by atoms with Gasteiger partial charge in [-0.25, -0.2) is 17.9 Å². The van der Waals surface area contributed by atoms with Gasteiger partial charge in [0.25, 0.3) is 5.56 Å². The first-order chi connectivity index (χ1) is 12.4. The van der Waals surface area contributed by atoms with E-state index >= 15 is 0 Å². The van der Waals surface area contributed by atoms with E-state index in [4.69, 9.17) is 0 Å². The molecule has 1 N–H and O–H groups in total. The van der Waals surface area contributed by atoms with E-state index in [2.05, 4.69) is 10.4 Å². The average Bonchev–Trinajstić information content (AvgIpc) is 2.61. The van der Waals surface area contributed by atoms with E-state index < -0.39 is 35.5 Å². The second-order valence-electron chi connectivity index (χ2n) is 5.40. The van der Waals surface area contributed by atoms with Gasteiger partial charge in [-0.2, -0.15) is 5.10 Å². The molecule has 5 nitrogen and oxygen atoms in total. The lowest BCUT2D eigenvalue weighted by atomic mass is 10.1. The van der Waals surface area contributed by atoms with Gasteiger partial charge in [0.15, 0.2) is 11.6 Å². The molecule has 1 amide bonds. The number of halogens is 3. The minimum atomic E-state index is -1.10. The Morgan fingerprint density at radius 3 is 2.38 bits per heavy atom. The Labute approximate surface area is 145 Å². The normalized spacial score (nSPS) is 10.6. The molecule has 0 radical (unpaired) electrons. The second kappa shape index (κ2) is 7.22. The zero-order valence-corrected chi connectivity index (χ0v) is 13.2. The molecule has 0 aliphatic carbocycles. The summed E-state index contributed by atoms with van der Waals surface area (Å²) in [6, 6.07) is 11.1. The molecule has 0 aliphatic heterocycles. The number of carbonyl (C=O) groups is 1. The van der Waals surface area contributed by atoms with E-state index in [1.165, 1.54) is 42.5 Å². The third-order valence-corrected chi connectivity index (χ3v) is 3.50. The summed E-state index contributed by atoms with van der Waals surface area (Å²) < 4.78 is 40.0. The maximum atomic E-state index is 13.2. The summed E-state index contributed by atoms with van der Waals surface area (Å²) in [6.07, 6.45) is 0. The SMILES string of the molecule is O=C(Cn1nc(-c2ccc(F)cc2)ccc1=O)Nc1ccc(F)c(F)c1. The van der Waals surface area contributed by atoms with Gasteiger partial charge in [-0.15, -0.1) is 0 Å². The number of hydrogen-bond acceptors (Lipinski definition) is 3. The summed E-state index contributed by atoms with van der Waals surface area (Å²) in [7, 11) is 0. The molecule has 0 unspecified atom stereocenters. The van der Waals surface area contributed by atoms with Crippen molar-refractivity contribution in [3.63, 3.8) is 0 Å². The zero-order chi connectivity index (χ0) is 18.7. The van der Waals surface area contributed by atoms with Crippen molar-refractivity contribution in [3.05, 3.63) is 82.4 Å².